The molecule has 14 heavy (non-hydrogen) atoms. The summed E-state index contributed by atoms with van der Waals surface area (Å²) in [5.74, 6) is -0.280. The summed E-state index contributed by atoms with van der Waals surface area (Å²) < 4.78 is 10.0. The van der Waals surface area contributed by atoms with Crippen LogP contribution < -0.4 is 11.1 Å². The fourth-order valence-electron chi connectivity index (χ4n) is 0.893. The van der Waals surface area contributed by atoms with Crippen LogP contribution in [0.2, 0.25) is 0 Å². The lowest BCUT2D eigenvalue weighted by Gasteiger charge is -2.23. The molecule has 0 aliphatic rings. The molecule has 0 spiro atoms. The van der Waals surface area contributed by atoms with Crippen LogP contribution in [0.15, 0.2) is 0 Å². The Bertz CT molecular complexity index is 183. The Morgan fingerprint density at radius 3 is 2.57 bits per heavy atom. The van der Waals surface area contributed by atoms with E-state index in [4.69, 9.17) is 10.5 Å². The first-order valence-electron chi connectivity index (χ1n) is 4.57. The second-order valence-electron chi connectivity index (χ2n) is 3.74. The van der Waals surface area contributed by atoms with Gasteiger partial charge in [0.1, 0.15) is 6.23 Å². The molecule has 0 aromatic heterocycles. The van der Waals surface area contributed by atoms with E-state index in [1.807, 2.05) is 6.92 Å². The fraction of sp³-hybridized carbons (Fsp3) is 0.889. The molecule has 0 amide bonds. The smallest absolute Gasteiger partial charge is 0.313 e. The maximum absolute atomic E-state index is 11.3. The zero-order valence-electron chi connectivity index (χ0n) is 9.29. The number of hydrogen-bond donors (Lipinski definition) is 2. The van der Waals surface area contributed by atoms with Gasteiger partial charge in [0.2, 0.25) is 0 Å². The van der Waals surface area contributed by atoms with Gasteiger partial charge >= 0.3 is 5.97 Å². The molecule has 0 aromatic carbocycles. The number of nitrogens with two attached hydrogens (primary N) is 1. The molecule has 0 aromatic rings. The highest BCUT2D eigenvalue weighted by atomic mass is 16.5. The number of ether oxygens (including phenoxy) is 2. The average Bonchev–Trinajstić information content (AvgIpc) is 2.14. The quantitative estimate of drug-likeness (QED) is 0.472. The number of nitrogens with one attached hydrogen (secondary N) is 1. The van der Waals surface area contributed by atoms with E-state index < -0.39 is 5.41 Å². The SMILES string of the molecule is COC(=O)C(C)(C)COC(C)NCN. The van der Waals surface area contributed by atoms with Gasteiger partial charge in [0.25, 0.3) is 0 Å². The van der Waals surface area contributed by atoms with Gasteiger partial charge in [-0.1, -0.05) is 0 Å². The van der Waals surface area contributed by atoms with Gasteiger partial charge in [-0.15, -0.1) is 0 Å². The minimum absolute atomic E-state index is 0.163. The largest absolute Gasteiger partial charge is 0.469 e. The van der Waals surface area contributed by atoms with Gasteiger partial charge in [-0.2, -0.15) is 0 Å². The van der Waals surface area contributed by atoms with E-state index in [0.717, 1.165) is 0 Å². The molecule has 0 radical (unpaired) electrons. The number of methoxy groups -OCH3 is 1. The second kappa shape index (κ2) is 5.95. The van der Waals surface area contributed by atoms with Crippen molar-refractivity contribution in [1.82, 2.24) is 5.32 Å². The zero-order valence-corrected chi connectivity index (χ0v) is 9.29. The monoisotopic (exact) mass is 204 g/mol. The van der Waals surface area contributed by atoms with Crippen molar-refractivity contribution in [2.75, 3.05) is 20.4 Å². The average molecular weight is 204 g/mol. The first-order chi connectivity index (χ1) is 6.44. The van der Waals surface area contributed by atoms with Crippen LogP contribution in [0.3, 0.4) is 0 Å². The van der Waals surface area contributed by atoms with Gasteiger partial charge in [-0.25, -0.2) is 0 Å². The highest BCUT2D eigenvalue weighted by Gasteiger charge is 2.29. The van der Waals surface area contributed by atoms with Crippen LogP contribution in [0.5, 0.6) is 0 Å². The van der Waals surface area contributed by atoms with Crippen molar-refractivity contribution in [3.8, 4) is 0 Å². The van der Waals surface area contributed by atoms with Gasteiger partial charge in [0.15, 0.2) is 0 Å². The molecule has 0 saturated heterocycles. The van der Waals surface area contributed by atoms with Crippen molar-refractivity contribution >= 4 is 5.97 Å². The van der Waals surface area contributed by atoms with E-state index in [0.29, 0.717) is 13.3 Å². The Morgan fingerprint density at radius 1 is 1.57 bits per heavy atom. The number of carbonyl (C=O) groups excluding carboxylic acids is 1. The summed E-state index contributed by atoms with van der Waals surface area (Å²) >= 11 is 0. The van der Waals surface area contributed by atoms with E-state index in [1.165, 1.54) is 7.11 Å². The van der Waals surface area contributed by atoms with Crippen molar-refractivity contribution in [3.63, 3.8) is 0 Å². The molecule has 5 nitrogen and oxygen atoms in total. The Morgan fingerprint density at radius 2 is 2.14 bits per heavy atom. The number of carbonyl (C=O) groups is 1. The molecular formula is C9H20N2O3. The number of esters is 1. The molecule has 0 aliphatic heterocycles. The van der Waals surface area contributed by atoms with Crippen LogP contribution in [-0.2, 0) is 14.3 Å². The molecule has 0 rings (SSSR count). The van der Waals surface area contributed by atoms with E-state index in [-0.39, 0.29) is 12.2 Å². The maximum Gasteiger partial charge on any atom is 0.313 e. The molecule has 1 unspecified atom stereocenters. The van der Waals surface area contributed by atoms with E-state index in [2.05, 4.69) is 10.1 Å². The molecule has 0 heterocycles. The third kappa shape index (κ3) is 4.55. The Balaban J connectivity index is 3.92. The third-order valence-corrected chi connectivity index (χ3v) is 1.84. The predicted octanol–water partition coefficient (Wildman–Crippen LogP) is 0.0540. The first kappa shape index (κ1) is 13.4. The molecule has 0 aliphatic carbocycles. The summed E-state index contributed by atoms with van der Waals surface area (Å²) in [7, 11) is 1.37. The second-order valence-corrected chi connectivity index (χ2v) is 3.74. The van der Waals surface area contributed by atoms with E-state index in [1.54, 1.807) is 13.8 Å². The molecule has 84 valence electrons. The Labute approximate surface area is 84.9 Å². The normalized spacial score (nSPS) is 13.8. The van der Waals surface area contributed by atoms with Crippen LogP contribution in [0.25, 0.3) is 0 Å². The summed E-state index contributed by atoms with van der Waals surface area (Å²) in [5, 5.41) is 2.88. The lowest BCUT2D eigenvalue weighted by Crippen LogP contribution is -2.38. The summed E-state index contributed by atoms with van der Waals surface area (Å²) in [6, 6.07) is 0. The van der Waals surface area contributed by atoms with E-state index >= 15 is 0 Å². The Hall–Kier alpha value is -0.650. The number of rotatable bonds is 6. The molecule has 0 saturated carbocycles. The van der Waals surface area contributed by atoms with Crippen molar-refractivity contribution < 1.29 is 14.3 Å². The minimum Gasteiger partial charge on any atom is -0.469 e. The van der Waals surface area contributed by atoms with Crippen molar-refractivity contribution in [1.29, 1.82) is 0 Å². The zero-order chi connectivity index (χ0) is 11.2. The maximum atomic E-state index is 11.3. The lowest BCUT2D eigenvalue weighted by molar-refractivity contribution is -0.155. The third-order valence-electron chi connectivity index (χ3n) is 1.84. The molecule has 3 N–H and O–H groups in total. The molecular weight excluding hydrogens is 184 g/mol. The molecule has 5 heteroatoms. The highest BCUT2D eigenvalue weighted by molar-refractivity contribution is 5.75. The van der Waals surface area contributed by atoms with Gasteiger partial charge in [-0.05, 0) is 20.8 Å². The van der Waals surface area contributed by atoms with Crippen LogP contribution in [0.4, 0.5) is 0 Å². The van der Waals surface area contributed by atoms with E-state index in [9.17, 15) is 4.79 Å². The summed E-state index contributed by atoms with van der Waals surface area (Å²) in [6.07, 6.45) is -0.163. The number of hydrogen-bond acceptors (Lipinski definition) is 5. The van der Waals surface area contributed by atoms with Gasteiger partial charge < -0.3 is 15.2 Å². The van der Waals surface area contributed by atoms with Crippen LogP contribution in [0, 0.1) is 5.41 Å². The van der Waals surface area contributed by atoms with Crippen LogP contribution >= 0.6 is 0 Å². The van der Waals surface area contributed by atoms with Crippen molar-refractivity contribution in [2.45, 2.75) is 27.0 Å². The van der Waals surface area contributed by atoms with Gasteiger partial charge in [0, 0.05) is 6.67 Å². The van der Waals surface area contributed by atoms with Crippen LogP contribution in [-0.4, -0.2) is 32.6 Å². The topological polar surface area (TPSA) is 73.6 Å². The van der Waals surface area contributed by atoms with Crippen LogP contribution in [0.1, 0.15) is 20.8 Å². The van der Waals surface area contributed by atoms with Gasteiger partial charge in [-0.3, -0.25) is 10.1 Å². The fourth-order valence-corrected chi connectivity index (χ4v) is 0.893. The molecule has 0 fully saturated rings. The predicted molar refractivity (Wildman–Crippen MR) is 53.4 cm³/mol. The summed E-state index contributed by atoms with van der Waals surface area (Å²) in [6.45, 7) is 6.02. The summed E-state index contributed by atoms with van der Waals surface area (Å²) in [5.41, 5.74) is 4.65. The minimum atomic E-state index is -0.626. The van der Waals surface area contributed by atoms with Gasteiger partial charge in [0.05, 0.1) is 19.1 Å². The van der Waals surface area contributed by atoms with Crippen molar-refractivity contribution in [2.24, 2.45) is 11.1 Å². The lowest BCUT2D eigenvalue weighted by atomic mass is 9.95. The standard InChI is InChI=1S/C9H20N2O3/c1-7(11-6-10)14-5-9(2,3)8(12)13-4/h7,11H,5-6,10H2,1-4H3. The Kier molecular flexibility index (Phi) is 5.68. The summed E-state index contributed by atoms with van der Waals surface area (Å²) in [4.78, 5) is 11.3. The molecule has 1 atom stereocenters. The van der Waals surface area contributed by atoms with Crippen molar-refractivity contribution in [3.05, 3.63) is 0 Å². The first-order valence-corrected chi connectivity index (χ1v) is 4.57. The highest BCUT2D eigenvalue weighted by Crippen LogP contribution is 2.17. The molecule has 0 bridgehead atoms.